The van der Waals surface area contributed by atoms with Crippen molar-refractivity contribution in [3.05, 3.63) is 21.9 Å². The first-order chi connectivity index (χ1) is 8.10. The van der Waals surface area contributed by atoms with Crippen LogP contribution in [0.1, 0.15) is 35.9 Å². The van der Waals surface area contributed by atoms with Crippen LogP contribution in [0.25, 0.3) is 0 Å². The molecule has 1 aliphatic rings. The van der Waals surface area contributed by atoms with Crippen LogP contribution in [0.15, 0.2) is 12.1 Å². The predicted molar refractivity (Wildman–Crippen MR) is 71.2 cm³/mol. The monoisotopic (exact) mass is 252 g/mol. The minimum Gasteiger partial charge on any atom is -0.350 e. The number of carbonyl (C=O) groups is 1. The summed E-state index contributed by atoms with van der Waals surface area (Å²) in [7, 11) is 0. The fourth-order valence-corrected chi connectivity index (χ4v) is 3.02. The largest absolute Gasteiger partial charge is 0.350 e. The number of hydrogen-bond acceptors (Lipinski definition) is 3. The number of piperidine rings is 1. The molecule has 1 saturated heterocycles. The lowest BCUT2D eigenvalue weighted by Crippen LogP contribution is -2.56. The maximum absolute atomic E-state index is 12.1. The van der Waals surface area contributed by atoms with Crippen molar-refractivity contribution >= 4 is 17.2 Å². The van der Waals surface area contributed by atoms with Crippen LogP contribution in [0.5, 0.6) is 0 Å². The van der Waals surface area contributed by atoms with Gasteiger partial charge < -0.3 is 10.6 Å². The zero-order valence-corrected chi connectivity index (χ0v) is 11.3. The highest BCUT2D eigenvalue weighted by atomic mass is 32.1. The number of hydrogen-bond donors (Lipinski definition) is 2. The van der Waals surface area contributed by atoms with Crippen LogP contribution < -0.4 is 10.6 Å². The molecule has 0 saturated carbocycles. The molecule has 17 heavy (non-hydrogen) atoms. The Hall–Kier alpha value is -0.870. The first kappa shape index (κ1) is 12.6. The molecule has 0 aromatic carbocycles. The number of carbonyl (C=O) groups excluding carboxylic acids is 1. The van der Waals surface area contributed by atoms with Gasteiger partial charge in [-0.25, -0.2) is 0 Å². The normalized spacial score (nSPS) is 24.6. The molecule has 1 amide bonds. The maximum Gasteiger partial charge on any atom is 0.240 e. The van der Waals surface area contributed by atoms with Crippen molar-refractivity contribution in [3.63, 3.8) is 0 Å². The molecule has 1 aromatic rings. The molecule has 1 aliphatic heterocycles. The Morgan fingerprint density at radius 1 is 1.53 bits per heavy atom. The second-order valence-electron chi connectivity index (χ2n) is 4.91. The van der Waals surface area contributed by atoms with Crippen LogP contribution >= 0.6 is 11.3 Å². The van der Waals surface area contributed by atoms with E-state index in [2.05, 4.69) is 29.7 Å². The van der Waals surface area contributed by atoms with Crippen molar-refractivity contribution in [1.29, 1.82) is 0 Å². The van der Waals surface area contributed by atoms with Crippen LogP contribution in [0, 0.1) is 6.92 Å². The van der Waals surface area contributed by atoms with Gasteiger partial charge in [-0.05, 0) is 51.8 Å². The third-order valence-electron chi connectivity index (χ3n) is 3.34. The standard InChI is InChI=1S/C13H20N2OS/c1-10-5-6-11(17-10)9-14-12(16)13(2)7-3-4-8-15-13/h5-6,15H,3-4,7-9H2,1-2H3,(H,14,16). The molecule has 3 nitrogen and oxygen atoms in total. The molecule has 0 bridgehead atoms. The van der Waals surface area contributed by atoms with Gasteiger partial charge in [0.15, 0.2) is 0 Å². The third-order valence-corrected chi connectivity index (χ3v) is 4.34. The van der Waals surface area contributed by atoms with E-state index in [9.17, 15) is 4.79 Å². The van der Waals surface area contributed by atoms with Gasteiger partial charge in [0.25, 0.3) is 0 Å². The highest BCUT2D eigenvalue weighted by Gasteiger charge is 2.33. The lowest BCUT2D eigenvalue weighted by Gasteiger charge is -2.33. The Balaban J connectivity index is 1.88. The topological polar surface area (TPSA) is 41.1 Å². The van der Waals surface area contributed by atoms with Crippen molar-refractivity contribution < 1.29 is 4.79 Å². The molecule has 1 unspecified atom stereocenters. The Labute approximate surface area is 107 Å². The molecular formula is C13H20N2OS. The van der Waals surface area contributed by atoms with Crippen molar-refractivity contribution in [2.75, 3.05) is 6.54 Å². The zero-order chi connectivity index (χ0) is 12.3. The van der Waals surface area contributed by atoms with Gasteiger partial charge in [-0.3, -0.25) is 4.79 Å². The number of rotatable bonds is 3. The quantitative estimate of drug-likeness (QED) is 0.866. The van der Waals surface area contributed by atoms with Crippen molar-refractivity contribution in [3.8, 4) is 0 Å². The van der Waals surface area contributed by atoms with Gasteiger partial charge in [0, 0.05) is 9.75 Å². The molecule has 4 heteroatoms. The van der Waals surface area contributed by atoms with Crippen molar-refractivity contribution in [1.82, 2.24) is 10.6 Å². The smallest absolute Gasteiger partial charge is 0.240 e. The predicted octanol–water partition coefficient (Wildman–Crippen LogP) is 2.20. The Morgan fingerprint density at radius 2 is 2.35 bits per heavy atom. The average Bonchev–Trinajstić information content (AvgIpc) is 2.73. The Morgan fingerprint density at radius 3 is 2.94 bits per heavy atom. The molecule has 1 fully saturated rings. The molecule has 2 N–H and O–H groups in total. The number of aryl methyl sites for hydroxylation is 1. The van der Waals surface area contributed by atoms with E-state index in [0.29, 0.717) is 6.54 Å². The van der Waals surface area contributed by atoms with Crippen LogP contribution in [0.4, 0.5) is 0 Å². The fourth-order valence-electron chi connectivity index (χ4n) is 2.19. The van der Waals surface area contributed by atoms with E-state index >= 15 is 0 Å². The molecule has 94 valence electrons. The van der Waals surface area contributed by atoms with Crippen LogP contribution in [0.3, 0.4) is 0 Å². The minimum absolute atomic E-state index is 0.128. The fraction of sp³-hybridized carbons (Fsp3) is 0.615. The summed E-state index contributed by atoms with van der Waals surface area (Å²) in [5, 5.41) is 6.36. The molecule has 1 aromatic heterocycles. The van der Waals surface area contributed by atoms with Gasteiger partial charge in [0.05, 0.1) is 12.1 Å². The summed E-state index contributed by atoms with van der Waals surface area (Å²) in [5.41, 5.74) is -0.370. The summed E-state index contributed by atoms with van der Waals surface area (Å²) in [5.74, 6) is 0.128. The lowest BCUT2D eigenvalue weighted by atomic mass is 9.90. The van der Waals surface area contributed by atoms with E-state index in [1.165, 1.54) is 16.2 Å². The summed E-state index contributed by atoms with van der Waals surface area (Å²) in [4.78, 5) is 14.6. The van der Waals surface area contributed by atoms with Crippen LogP contribution in [-0.4, -0.2) is 18.0 Å². The van der Waals surface area contributed by atoms with E-state index in [1.807, 2.05) is 6.92 Å². The molecule has 2 heterocycles. The van der Waals surface area contributed by atoms with E-state index in [4.69, 9.17) is 0 Å². The summed E-state index contributed by atoms with van der Waals surface area (Å²) >= 11 is 1.74. The zero-order valence-electron chi connectivity index (χ0n) is 10.5. The van der Waals surface area contributed by atoms with Crippen molar-refractivity contribution in [2.45, 2.75) is 45.2 Å². The Kier molecular flexibility index (Phi) is 3.84. The highest BCUT2D eigenvalue weighted by molar-refractivity contribution is 7.11. The number of amides is 1. The van der Waals surface area contributed by atoms with Gasteiger partial charge >= 0.3 is 0 Å². The SMILES string of the molecule is Cc1ccc(CNC(=O)C2(C)CCCCN2)s1. The van der Waals surface area contributed by atoms with Crippen molar-refractivity contribution in [2.24, 2.45) is 0 Å². The average molecular weight is 252 g/mol. The molecule has 1 atom stereocenters. The third kappa shape index (κ3) is 3.07. The maximum atomic E-state index is 12.1. The lowest BCUT2D eigenvalue weighted by molar-refractivity contribution is -0.128. The second-order valence-corrected chi connectivity index (χ2v) is 6.28. The van der Waals surface area contributed by atoms with E-state index in [1.54, 1.807) is 11.3 Å². The van der Waals surface area contributed by atoms with Gasteiger partial charge in [-0.15, -0.1) is 11.3 Å². The van der Waals surface area contributed by atoms with Gasteiger partial charge in [-0.1, -0.05) is 0 Å². The number of thiophene rings is 1. The summed E-state index contributed by atoms with van der Waals surface area (Å²) < 4.78 is 0. The molecule has 0 spiro atoms. The number of nitrogens with one attached hydrogen (secondary N) is 2. The summed E-state index contributed by atoms with van der Waals surface area (Å²) in [6.45, 7) is 5.68. The first-order valence-electron chi connectivity index (χ1n) is 6.19. The molecule has 0 aliphatic carbocycles. The van der Waals surface area contributed by atoms with E-state index in [0.717, 1.165) is 19.4 Å². The minimum atomic E-state index is -0.370. The molecule has 0 radical (unpaired) electrons. The second kappa shape index (κ2) is 5.19. The van der Waals surface area contributed by atoms with Gasteiger partial charge in [0.1, 0.15) is 0 Å². The summed E-state index contributed by atoms with van der Waals surface area (Å²) in [6.07, 6.45) is 3.24. The highest BCUT2D eigenvalue weighted by Crippen LogP contribution is 2.19. The molecular weight excluding hydrogens is 232 g/mol. The van der Waals surface area contributed by atoms with E-state index in [-0.39, 0.29) is 11.4 Å². The van der Waals surface area contributed by atoms with Crippen LogP contribution in [-0.2, 0) is 11.3 Å². The van der Waals surface area contributed by atoms with Crippen LogP contribution in [0.2, 0.25) is 0 Å². The molecule has 2 rings (SSSR count). The first-order valence-corrected chi connectivity index (χ1v) is 7.00. The summed E-state index contributed by atoms with van der Waals surface area (Å²) in [6, 6.07) is 4.17. The van der Waals surface area contributed by atoms with E-state index < -0.39 is 0 Å². The van der Waals surface area contributed by atoms with Gasteiger partial charge in [0.2, 0.25) is 5.91 Å². The van der Waals surface area contributed by atoms with Gasteiger partial charge in [-0.2, -0.15) is 0 Å². The Bertz CT molecular complexity index is 394.